The van der Waals surface area contributed by atoms with Gasteiger partial charge in [0.15, 0.2) is 0 Å². The number of carbonyl (C=O) groups excluding carboxylic acids is 2. The molecule has 0 aromatic heterocycles. The van der Waals surface area contributed by atoms with E-state index < -0.39 is 0 Å². The zero-order valence-electron chi connectivity index (χ0n) is 15.3. The van der Waals surface area contributed by atoms with Crippen LogP contribution in [-0.2, 0) is 15.0 Å². The van der Waals surface area contributed by atoms with Gasteiger partial charge < -0.3 is 10.2 Å². The summed E-state index contributed by atoms with van der Waals surface area (Å²) in [6, 6.07) is 12.6. The highest BCUT2D eigenvalue weighted by molar-refractivity contribution is 6.44. The van der Waals surface area contributed by atoms with Crippen LogP contribution in [0.25, 0.3) is 0 Å². The maximum absolute atomic E-state index is 12.6. The van der Waals surface area contributed by atoms with Crippen LogP contribution >= 0.6 is 23.2 Å². The molecule has 2 amide bonds. The lowest BCUT2D eigenvalue weighted by atomic mass is 9.86. The molecule has 26 heavy (non-hydrogen) atoms. The van der Waals surface area contributed by atoms with Crippen molar-refractivity contribution in [3.05, 3.63) is 58.1 Å². The summed E-state index contributed by atoms with van der Waals surface area (Å²) in [5, 5.41) is 3.47. The van der Waals surface area contributed by atoms with Gasteiger partial charge in [-0.3, -0.25) is 9.59 Å². The predicted octanol–water partition coefficient (Wildman–Crippen LogP) is 5.28. The van der Waals surface area contributed by atoms with Crippen LogP contribution in [0.5, 0.6) is 0 Å². The van der Waals surface area contributed by atoms with Crippen molar-refractivity contribution in [1.82, 2.24) is 0 Å². The number of halogens is 2. The van der Waals surface area contributed by atoms with Crippen LogP contribution in [0, 0.1) is 0 Å². The molecule has 0 bridgehead atoms. The number of carbonyl (C=O) groups is 2. The van der Waals surface area contributed by atoms with Gasteiger partial charge in [-0.15, -0.1) is 0 Å². The van der Waals surface area contributed by atoms with Crippen molar-refractivity contribution < 1.29 is 9.59 Å². The standard InChI is InChI=1S/C20H22Cl2N2O2/c1-13(25)24(17-11-7-9-15(21)19(17)22)12-18(26)23-16-10-6-5-8-14(16)20(2,3)4/h5-11H,12H2,1-4H3,(H,23,26). The van der Waals surface area contributed by atoms with E-state index in [0.717, 1.165) is 11.3 Å². The van der Waals surface area contributed by atoms with Crippen molar-refractivity contribution in [3.8, 4) is 0 Å². The topological polar surface area (TPSA) is 49.4 Å². The lowest BCUT2D eigenvalue weighted by Gasteiger charge is -2.25. The number of amides is 2. The van der Waals surface area contributed by atoms with Crippen molar-refractivity contribution in [2.45, 2.75) is 33.1 Å². The molecule has 0 radical (unpaired) electrons. The van der Waals surface area contributed by atoms with E-state index in [9.17, 15) is 9.59 Å². The van der Waals surface area contributed by atoms with Gasteiger partial charge in [-0.05, 0) is 29.2 Å². The third-order valence-electron chi connectivity index (χ3n) is 3.91. The molecule has 0 atom stereocenters. The van der Waals surface area contributed by atoms with Gasteiger partial charge in [-0.25, -0.2) is 0 Å². The first kappa shape index (κ1) is 20.3. The Hall–Kier alpha value is -2.04. The maximum Gasteiger partial charge on any atom is 0.244 e. The Morgan fingerprint density at radius 2 is 1.69 bits per heavy atom. The molecule has 2 aromatic rings. The number of hydrogen-bond donors (Lipinski definition) is 1. The van der Waals surface area contributed by atoms with Gasteiger partial charge in [-0.1, -0.05) is 68.2 Å². The van der Waals surface area contributed by atoms with Crippen molar-refractivity contribution in [2.24, 2.45) is 0 Å². The smallest absolute Gasteiger partial charge is 0.244 e. The molecule has 1 N–H and O–H groups in total. The number of rotatable bonds is 4. The molecule has 0 saturated heterocycles. The predicted molar refractivity (Wildman–Crippen MR) is 108 cm³/mol. The normalized spacial score (nSPS) is 11.2. The van der Waals surface area contributed by atoms with Gasteiger partial charge in [0.25, 0.3) is 0 Å². The highest BCUT2D eigenvalue weighted by Crippen LogP contribution is 2.33. The lowest BCUT2D eigenvalue weighted by Crippen LogP contribution is -2.37. The van der Waals surface area contributed by atoms with Crippen molar-refractivity contribution in [2.75, 3.05) is 16.8 Å². The zero-order valence-corrected chi connectivity index (χ0v) is 16.8. The van der Waals surface area contributed by atoms with Crippen LogP contribution < -0.4 is 10.2 Å². The average Bonchev–Trinajstić information content (AvgIpc) is 2.55. The molecule has 0 spiro atoms. The number of benzene rings is 2. The summed E-state index contributed by atoms with van der Waals surface area (Å²) in [5.41, 5.74) is 2.03. The van der Waals surface area contributed by atoms with E-state index >= 15 is 0 Å². The third-order valence-corrected chi connectivity index (χ3v) is 4.72. The van der Waals surface area contributed by atoms with E-state index in [4.69, 9.17) is 23.2 Å². The van der Waals surface area contributed by atoms with Crippen molar-refractivity contribution in [3.63, 3.8) is 0 Å². The minimum Gasteiger partial charge on any atom is -0.324 e. The second-order valence-electron chi connectivity index (χ2n) is 7.02. The van der Waals surface area contributed by atoms with Gasteiger partial charge in [0, 0.05) is 12.6 Å². The molecule has 0 fully saturated rings. The van der Waals surface area contributed by atoms with E-state index in [1.54, 1.807) is 18.2 Å². The van der Waals surface area contributed by atoms with E-state index in [1.165, 1.54) is 11.8 Å². The number of nitrogens with one attached hydrogen (secondary N) is 1. The molecule has 138 valence electrons. The average molecular weight is 393 g/mol. The van der Waals surface area contributed by atoms with E-state index in [0.29, 0.717) is 10.7 Å². The maximum atomic E-state index is 12.6. The Morgan fingerprint density at radius 1 is 1.04 bits per heavy atom. The first-order chi connectivity index (χ1) is 12.1. The summed E-state index contributed by atoms with van der Waals surface area (Å²) in [7, 11) is 0. The minimum atomic E-state index is -0.312. The molecule has 0 aliphatic carbocycles. The zero-order chi connectivity index (χ0) is 19.5. The summed E-state index contributed by atoms with van der Waals surface area (Å²) < 4.78 is 0. The van der Waals surface area contributed by atoms with Crippen LogP contribution in [0.2, 0.25) is 10.0 Å². The van der Waals surface area contributed by atoms with Crippen LogP contribution in [-0.4, -0.2) is 18.4 Å². The second-order valence-corrected chi connectivity index (χ2v) is 7.81. The molecular weight excluding hydrogens is 371 g/mol. The molecule has 2 rings (SSSR count). The number of hydrogen-bond acceptors (Lipinski definition) is 2. The van der Waals surface area contributed by atoms with Gasteiger partial charge in [0.1, 0.15) is 6.54 Å². The molecule has 6 heteroatoms. The van der Waals surface area contributed by atoms with E-state index in [-0.39, 0.29) is 28.8 Å². The molecule has 0 heterocycles. The van der Waals surface area contributed by atoms with Crippen LogP contribution in [0.4, 0.5) is 11.4 Å². The monoisotopic (exact) mass is 392 g/mol. The van der Waals surface area contributed by atoms with Gasteiger partial charge >= 0.3 is 0 Å². The largest absolute Gasteiger partial charge is 0.324 e. The van der Waals surface area contributed by atoms with Crippen LogP contribution in [0.1, 0.15) is 33.3 Å². The molecule has 4 nitrogen and oxygen atoms in total. The number of nitrogens with zero attached hydrogens (tertiary/aromatic N) is 1. The molecule has 2 aromatic carbocycles. The van der Waals surface area contributed by atoms with Gasteiger partial charge in [0.05, 0.1) is 15.7 Å². The van der Waals surface area contributed by atoms with E-state index in [2.05, 4.69) is 26.1 Å². The molecule has 0 saturated carbocycles. The summed E-state index contributed by atoms with van der Waals surface area (Å²) >= 11 is 12.2. The van der Waals surface area contributed by atoms with Crippen LogP contribution in [0.15, 0.2) is 42.5 Å². The van der Waals surface area contributed by atoms with Gasteiger partial charge in [0.2, 0.25) is 11.8 Å². The molecule has 0 aliphatic rings. The second kappa shape index (κ2) is 8.11. The summed E-state index contributed by atoms with van der Waals surface area (Å²) in [6.45, 7) is 7.45. The first-order valence-electron chi connectivity index (χ1n) is 8.22. The first-order valence-corrected chi connectivity index (χ1v) is 8.98. The molecule has 0 aliphatic heterocycles. The van der Waals surface area contributed by atoms with Gasteiger partial charge in [-0.2, -0.15) is 0 Å². The summed E-state index contributed by atoms with van der Waals surface area (Å²) in [4.78, 5) is 26.0. The lowest BCUT2D eigenvalue weighted by molar-refractivity contribution is -0.120. The fourth-order valence-corrected chi connectivity index (χ4v) is 3.04. The Balaban J connectivity index is 2.25. The summed E-state index contributed by atoms with van der Waals surface area (Å²) in [6.07, 6.45) is 0. The number of para-hydroxylation sites is 1. The summed E-state index contributed by atoms with van der Waals surface area (Å²) in [5.74, 6) is -0.610. The fourth-order valence-electron chi connectivity index (χ4n) is 2.65. The third kappa shape index (κ3) is 4.77. The highest BCUT2D eigenvalue weighted by atomic mass is 35.5. The highest BCUT2D eigenvalue weighted by Gasteiger charge is 2.22. The SMILES string of the molecule is CC(=O)N(CC(=O)Nc1ccccc1C(C)(C)C)c1cccc(Cl)c1Cl. The van der Waals surface area contributed by atoms with Crippen molar-refractivity contribution >= 4 is 46.4 Å². The Kier molecular flexibility index (Phi) is 6.32. The van der Waals surface area contributed by atoms with Crippen molar-refractivity contribution in [1.29, 1.82) is 0 Å². The number of anilines is 2. The Labute approximate surface area is 164 Å². The quantitative estimate of drug-likeness (QED) is 0.768. The van der Waals surface area contributed by atoms with E-state index in [1.807, 2.05) is 24.3 Å². The fraction of sp³-hybridized carbons (Fsp3) is 0.300. The minimum absolute atomic E-state index is 0.125. The Bertz CT molecular complexity index is 829. The van der Waals surface area contributed by atoms with Crippen LogP contribution in [0.3, 0.4) is 0 Å². The molecular formula is C20H22Cl2N2O2. The molecule has 0 unspecified atom stereocenters. The Morgan fingerprint density at radius 3 is 2.31 bits per heavy atom.